The molecule has 22 heavy (non-hydrogen) atoms. The summed E-state index contributed by atoms with van der Waals surface area (Å²) in [6.07, 6.45) is 11.8. The van der Waals surface area contributed by atoms with E-state index in [1.807, 2.05) is 13.8 Å². The number of primary amides is 1. The maximum absolute atomic E-state index is 11.7. The molecule has 1 aliphatic heterocycles. The van der Waals surface area contributed by atoms with E-state index in [1.54, 1.807) is 4.90 Å². The van der Waals surface area contributed by atoms with Gasteiger partial charge in [-0.2, -0.15) is 0 Å². The molecule has 1 atom stereocenters. The highest BCUT2D eigenvalue weighted by atomic mass is 16.2. The van der Waals surface area contributed by atoms with E-state index in [1.165, 1.54) is 51.4 Å². The molecule has 1 unspecified atom stereocenters. The van der Waals surface area contributed by atoms with E-state index in [4.69, 9.17) is 5.73 Å². The number of likely N-dealkylation sites (tertiary alicyclic amines) is 1. The van der Waals surface area contributed by atoms with Crippen LogP contribution in [0.1, 0.15) is 85.0 Å². The van der Waals surface area contributed by atoms with Crippen molar-refractivity contribution in [2.24, 2.45) is 11.7 Å². The number of rotatable bonds is 11. The number of nitrogens with zero attached hydrogens (tertiary/aromatic N) is 1. The van der Waals surface area contributed by atoms with Crippen molar-refractivity contribution in [3.05, 3.63) is 0 Å². The number of amides is 2. The van der Waals surface area contributed by atoms with E-state index in [-0.39, 0.29) is 17.7 Å². The molecule has 1 heterocycles. The second kappa shape index (κ2) is 13.6. The summed E-state index contributed by atoms with van der Waals surface area (Å²) in [5, 5.41) is 0. The third-order valence-electron chi connectivity index (χ3n) is 4.15. The van der Waals surface area contributed by atoms with Gasteiger partial charge in [0.25, 0.3) is 0 Å². The molecule has 0 saturated carbocycles. The summed E-state index contributed by atoms with van der Waals surface area (Å²) in [7, 11) is 0. The fraction of sp³-hybridized carbons (Fsp3) is 0.889. The van der Waals surface area contributed by atoms with Crippen molar-refractivity contribution in [3.8, 4) is 0 Å². The Balaban J connectivity index is 0.00000211. The maximum atomic E-state index is 11.7. The minimum Gasteiger partial charge on any atom is -0.369 e. The molecular formula is C18H36N2O2. The summed E-state index contributed by atoms with van der Waals surface area (Å²) in [6, 6.07) is 0. The van der Waals surface area contributed by atoms with Crippen LogP contribution in [0.4, 0.5) is 0 Å². The van der Waals surface area contributed by atoms with Crippen LogP contribution >= 0.6 is 0 Å². The van der Waals surface area contributed by atoms with Crippen LogP contribution in [-0.4, -0.2) is 29.8 Å². The lowest BCUT2D eigenvalue weighted by molar-refractivity contribution is -0.128. The van der Waals surface area contributed by atoms with Gasteiger partial charge in [0.1, 0.15) is 0 Å². The molecule has 130 valence electrons. The smallest absolute Gasteiger partial charge is 0.223 e. The fourth-order valence-corrected chi connectivity index (χ4v) is 2.79. The van der Waals surface area contributed by atoms with E-state index in [2.05, 4.69) is 6.92 Å². The Kier molecular flexibility index (Phi) is 12.9. The van der Waals surface area contributed by atoms with Crippen LogP contribution < -0.4 is 5.73 Å². The van der Waals surface area contributed by atoms with Gasteiger partial charge in [0.2, 0.25) is 11.8 Å². The van der Waals surface area contributed by atoms with Gasteiger partial charge in [0.05, 0.1) is 5.92 Å². The summed E-state index contributed by atoms with van der Waals surface area (Å²) >= 11 is 0. The Labute approximate surface area is 136 Å². The number of carbonyl (C=O) groups excluding carboxylic acids is 2. The first-order valence-corrected chi connectivity index (χ1v) is 9.22. The van der Waals surface area contributed by atoms with E-state index in [0.717, 1.165) is 13.0 Å². The largest absolute Gasteiger partial charge is 0.369 e. The van der Waals surface area contributed by atoms with Crippen molar-refractivity contribution in [2.75, 3.05) is 13.1 Å². The predicted octanol–water partition coefficient (Wildman–Crippen LogP) is 3.88. The lowest BCUT2D eigenvalue weighted by Gasteiger charge is -2.15. The highest BCUT2D eigenvalue weighted by molar-refractivity contribution is 5.88. The third kappa shape index (κ3) is 9.06. The van der Waals surface area contributed by atoms with Crippen LogP contribution in [-0.2, 0) is 9.59 Å². The van der Waals surface area contributed by atoms with Crippen molar-refractivity contribution in [2.45, 2.75) is 85.0 Å². The summed E-state index contributed by atoms with van der Waals surface area (Å²) in [5.74, 6) is -0.512. The Morgan fingerprint density at radius 3 is 2.00 bits per heavy atom. The Morgan fingerprint density at radius 1 is 1.05 bits per heavy atom. The number of carbonyl (C=O) groups is 2. The molecule has 0 aliphatic carbocycles. The predicted molar refractivity (Wildman–Crippen MR) is 92.5 cm³/mol. The van der Waals surface area contributed by atoms with Gasteiger partial charge in [-0.1, -0.05) is 72.1 Å². The summed E-state index contributed by atoms with van der Waals surface area (Å²) in [6.45, 7) is 7.56. The summed E-state index contributed by atoms with van der Waals surface area (Å²) in [4.78, 5) is 24.5. The Bertz CT molecular complexity index is 305. The maximum Gasteiger partial charge on any atom is 0.223 e. The summed E-state index contributed by atoms with van der Waals surface area (Å²) in [5.41, 5.74) is 5.25. The zero-order valence-electron chi connectivity index (χ0n) is 14.9. The van der Waals surface area contributed by atoms with Crippen LogP contribution in [0.3, 0.4) is 0 Å². The Hall–Kier alpha value is -1.06. The molecule has 0 radical (unpaired) electrons. The van der Waals surface area contributed by atoms with Crippen LogP contribution in [0, 0.1) is 5.92 Å². The molecule has 0 aromatic carbocycles. The van der Waals surface area contributed by atoms with Crippen LogP contribution in [0.25, 0.3) is 0 Å². The van der Waals surface area contributed by atoms with Crippen molar-refractivity contribution in [1.29, 1.82) is 0 Å². The second-order valence-corrected chi connectivity index (χ2v) is 5.97. The van der Waals surface area contributed by atoms with E-state index in [0.29, 0.717) is 13.0 Å². The number of hydrogen-bond acceptors (Lipinski definition) is 2. The topological polar surface area (TPSA) is 63.4 Å². The highest BCUT2D eigenvalue weighted by Gasteiger charge is 2.32. The first-order chi connectivity index (χ1) is 10.6. The molecule has 1 aliphatic rings. The zero-order chi connectivity index (χ0) is 16.8. The quantitative estimate of drug-likeness (QED) is 0.588. The van der Waals surface area contributed by atoms with Crippen molar-refractivity contribution >= 4 is 11.8 Å². The van der Waals surface area contributed by atoms with Gasteiger partial charge in [-0.05, 0) is 6.42 Å². The molecular weight excluding hydrogens is 276 g/mol. The van der Waals surface area contributed by atoms with Gasteiger partial charge < -0.3 is 10.6 Å². The number of hydrogen-bond donors (Lipinski definition) is 1. The van der Waals surface area contributed by atoms with Gasteiger partial charge in [-0.3, -0.25) is 9.59 Å². The van der Waals surface area contributed by atoms with Gasteiger partial charge in [0, 0.05) is 19.5 Å². The molecule has 1 saturated heterocycles. The number of unbranched alkanes of at least 4 members (excludes halogenated alkanes) is 8. The number of nitrogens with two attached hydrogens (primary N) is 1. The molecule has 0 bridgehead atoms. The lowest BCUT2D eigenvalue weighted by Crippen LogP contribution is -2.29. The van der Waals surface area contributed by atoms with E-state index < -0.39 is 0 Å². The summed E-state index contributed by atoms with van der Waals surface area (Å²) < 4.78 is 0. The zero-order valence-corrected chi connectivity index (χ0v) is 14.9. The first kappa shape index (κ1) is 20.9. The van der Waals surface area contributed by atoms with Crippen molar-refractivity contribution in [1.82, 2.24) is 4.90 Å². The molecule has 2 N–H and O–H groups in total. The minimum absolute atomic E-state index is 0.0911. The van der Waals surface area contributed by atoms with Crippen LogP contribution in [0.15, 0.2) is 0 Å². The monoisotopic (exact) mass is 312 g/mol. The molecule has 4 nitrogen and oxygen atoms in total. The Morgan fingerprint density at radius 2 is 1.55 bits per heavy atom. The minimum atomic E-state index is -0.340. The van der Waals surface area contributed by atoms with Crippen molar-refractivity contribution < 1.29 is 9.59 Å². The SMILES string of the molecule is CC.CCCCCCCCCCCN1CC(C(N)=O)CC1=O. The van der Waals surface area contributed by atoms with Gasteiger partial charge in [-0.25, -0.2) is 0 Å². The van der Waals surface area contributed by atoms with Crippen LogP contribution in [0.2, 0.25) is 0 Å². The molecule has 2 amide bonds. The fourth-order valence-electron chi connectivity index (χ4n) is 2.79. The average molecular weight is 312 g/mol. The molecule has 0 spiro atoms. The normalized spacial score (nSPS) is 17.3. The van der Waals surface area contributed by atoms with Crippen molar-refractivity contribution in [3.63, 3.8) is 0 Å². The standard InChI is InChI=1S/C16H30N2O2.C2H6/c1-2-3-4-5-6-7-8-9-10-11-18-13-14(16(17)20)12-15(18)19;1-2/h14H,2-13H2,1H3,(H2,17,20);1-2H3. The molecule has 0 aromatic rings. The van der Waals surface area contributed by atoms with Crippen LogP contribution in [0.5, 0.6) is 0 Å². The van der Waals surface area contributed by atoms with Gasteiger partial charge in [0.15, 0.2) is 0 Å². The molecule has 1 fully saturated rings. The molecule has 4 heteroatoms. The first-order valence-electron chi connectivity index (χ1n) is 9.22. The lowest BCUT2D eigenvalue weighted by atomic mass is 10.1. The van der Waals surface area contributed by atoms with Gasteiger partial charge >= 0.3 is 0 Å². The second-order valence-electron chi connectivity index (χ2n) is 5.97. The average Bonchev–Trinajstić information content (AvgIpc) is 2.89. The molecule has 0 aromatic heterocycles. The molecule has 1 rings (SSSR count). The third-order valence-corrected chi connectivity index (χ3v) is 4.15. The highest BCUT2D eigenvalue weighted by Crippen LogP contribution is 2.18. The van der Waals surface area contributed by atoms with E-state index in [9.17, 15) is 9.59 Å². The van der Waals surface area contributed by atoms with E-state index >= 15 is 0 Å². The van der Waals surface area contributed by atoms with Gasteiger partial charge in [-0.15, -0.1) is 0 Å².